The molecule has 19 heavy (non-hydrogen) atoms. The summed E-state index contributed by atoms with van der Waals surface area (Å²) >= 11 is 3.55. The second kappa shape index (κ2) is 5.13. The molecular weight excluding hydrogens is 306 g/mol. The summed E-state index contributed by atoms with van der Waals surface area (Å²) in [6.07, 6.45) is 0. The summed E-state index contributed by atoms with van der Waals surface area (Å²) in [4.78, 5) is 10.8. The highest BCUT2D eigenvalue weighted by atomic mass is 79.9. The van der Waals surface area contributed by atoms with E-state index in [4.69, 9.17) is 0 Å². The van der Waals surface area contributed by atoms with E-state index in [1.54, 1.807) is 18.2 Å². The minimum atomic E-state index is -0.332. The lowest BCUT2D eigenvalue weighted by molar-refractivity contribution is -0.384. The minimum Gasteiger partial charge on any atom is -0.258 e. The van der Waals surface area contributed by atoms with Crippen molar-refractivity contribution >= 4 is 21.6 Å². The van der Waals surface area contributed by atoms with Gasteiger partial charge >= 0.3 is 0 Å². The summed E-state index contributed by atoms with van der Waals surface area (Å²) in [6.45, 7) is 6.01. The number of aryl methyl sites for hydroxylation is 1. The van der Waals surface area contributed by atoms with Crippen molar-refractivity contribution in [2.24, 2.45) is 0 Å². The van der Waals surface area contributed by atoms with Crippen molar-refractivity contribution in [2.45, 2.75) is 20.8 Å². The molecule has 0 unspecified atom stereocenters. The summed E-state index contributed by atoms with van der Waals surface area (Å²) in [5.74, 6) is 0. The van der Waals surface area contributed by atoms with Crippen molar-refractivity contribution in [1.29, 1.82) is 0 Å². The third-order valence-electron chi connectivity index (χ3n) is 3.39. The first-order chi connectivity index (χ1) is 8.93. The van der Waals surface area contributed by atoms with Crippen molar-refractivity contribution in [3.63, 3.8) is 0 Å². The smallest absolute Gasteiger partial charge is 0.258 e. The first-order valence-corrected chi connectivity index (χ1v) is 6.73. The van der Waals surface area contributed by atoms with Crippen molar-refractivity contribution in [3.8, 4) is 11.1 Å². The van der Waals surface area contributed by atoms with E-state index < -0.39 is 0 Å². The molecule has 0 N–H and O–H groups in total. The molecule has 0 aliphatic carbocycles. The highest BCUT2D eigenvalue weighted by molar-refractivity contribution is 9.10. The Morgan fingerprint density at radius 3 is 2.32 bits per heavy atom. The summed E-state index contributed by atoms with van der Waals surface area (Å²) in [6, 6.07) is 8.85. The highest BCUT2D eigenvalue weighted by Gasteiger charge is 2.18. The van der Waals surface area contributed by atoms with Crippen molar-refractivity contribution in [3.05, 3.63) is 61.6 Å². The monoisotopic (exact) mass is 319 g/mol. The third-order valence-corrected chi connectivity index (χ3v) is 4.61. The maximum absolute atomic E-state index is 11.1. The van der Waals surface area contributed by atoms with Crippen LogP contribution < -0.4 is 0 Å². The zero-order valence-electron chi connectivity index (χ0n) is 11.0. The minimum absolute atomic E-state index is 0.145. The SMILES string of the molecule is Cc1cc(-c2ccccc2[N+](=O)[O-])c(C)c(C)c1Br. The summed E-state index contributed by atoms with van der Waals surface area (Å²) in [5.41, 5.74) is 5.00. The van der Waals surface area contributed by atoms with Gasteiger partial charge in [0, 0.05) is 10.5 Å². The van der Waals surface area contributed by atoms with E-state index in [2.05, 4.69) is 15.9 Å². The van der Waals surface area contributed by atoms with E-state index in [1.807, 2.05) is 32.9 Å². The molecule has 0 saturated heterocycles. The number of nitro groups is 1. The molecule has 0 atom stereocenters. The molecule has 2 aromatic carbocycles. The number of rotatable bonds is 2. The standard InChI is InChI=1S/C15H14BrNO2/c1-9-8-13(10(2)11(3)15(9)16)12-6-4-5-7-14(12)17(18)19/h4-8H,1-3H3. The maximum Gasteiger partial charge on any atom is 0.277 e. The van der Waals surface area contributed by atoms with E-state index in [1.165, 1.54) is 0 Å². The molecule has 4 heteroatoms. The van der Waals surface area contributed by atoms with Gasteiger partial charge in [0.25, 0.3) is 5.69 Å². The Labute approximate surface area is 120 Å². The van der Waals surface area contributed by atoms with Crippen LogP contribution in [0.15, 0.2) is 34.8 Å². The fraction of sp³-hybridized carbons (Fsp3) is 0.200. The van der Waals surface area contributed by atoms with Gasteiger partial charge in [-0.25, -0.2) is 0 Å². The summed E-state index contributed by atoms with van der Waals surface area (Å²) < 4.78 is 1.06. The van der Waals surface area contributed by atoms with Crippen LogP contribution in [0.3, 0.4) is 0 Å². The normalized spacial score (nSPS) is 10.5. The number of benzene rings is 2. The van der Waals surface area contributed by atoms with Gasteiger partial charge in [0.15, 0.2) is 0 Å². The molecule has 3 nitrogen and oxygen atoms in total. The van der Waals surface area contributed by atoms with E-state index >= 15 is 0 Å². The lowest BCUT2D eigenvalue weighted by atomic mass is 9.94. The molecule has 0 radical (unpaired) electrons. The van der Waals surface area contributed by atoms with Crippen LogP contribution >= 0.6 is 15.9 Å². The Morgan fingerprint density at radius 2 is 1.68 bits per heavy atom. The molecular formula is C15H14BrNO2. The number of hydrogen-bond donors (Lipinski definition) is 0. The predicted octanol–water partition coefficient (Wildman–Crippen LogP) is 4.95. The Bertz CT molecular complexity index is 665. The van der Waals surface area contributed by atoms with Gasteiger partial charge in [-0.3, -0.25) is 10.1 Å². The van der Waals surface area contributed by atoms with Gasteiger partial charge in [0.1, 0.15) is 0 Å². The van der Waals surface area contributed by atoms with Crippen LogP contribution in [0, 0.1) is 30.9 Å². The molecule has 0 heterocycles. The van der Waals surface area contributed by atoms with Crippen LogP contribution in [0.5, 0.6) is 0 Å². The topological polar surface area (TPSA) is 43.1 Å². The highest BCUT2D eigenvalue weighted by Crippen LogP contribution is 2.36. The van der Waals surface area contributed by atoms with Crippen LogP contribution in [0.4, 0.5) is 5.69 Å². The summed E-state index contributed by atoms with van der Waals surface area (Å²) in [5, 5.41) is 11.1. The number of nitrogens with zero attached hydrogens (tertiary/aromatic N) is 1. The molecule has 0 aliphatic heterocycles. The number of hydrogen-bond acceptors (Lipinski definition) is 2. The molecule has 0 aromatic heterocycles. The van der Waals surface area contributed by atoms with E-state index in [0.717, 1.165) is 26.7 Å². The Morgan fingerprint density at radius 1 is 1.05 bits per heavy atom. The van der Waals surface area contributed by atoms with Crippen molar-refractivity contribution in [1.82, 2.24) is 0 Å². The van der Waals surface area contributed by atoms with Gasteiger partial charge in [-0.1, -0.05) is 28.1 Å². The molecule has 0 aliphatic rings. The number of nitro benzene ring substituents is 1. The Kier molecular flexibility index (Phi) is 3.71. The molecule has 0 saturated carbocycles. The van der Waals surface area contributed by atoms with Crippen LogP contribution in [0.1, 0.15) is 16.7 Å². The third kappa shape index (κ3) is 2.40. The van der Waals surface area contributed by atoms with Crippen LogP contribution in [0.25, 0.3) is 11.1 Å². The average Bonchev–Trinajstić information content (AvgIpc) is 2.40. The molecule has 2 rings (SSSR count). The van der Waals surface area contributed by atoms with Gasteiger partial charge in [-0.2, -0.15) is 0 Å². The second-order valence-corrected chi connectivity index (χ2v) is 5.37. The van der Waals surface area contributed by atoms with Gasteiger partial charge < -0.3 is 0 Å². The lowest BCUT2D eigenvalue weighted by Gasteiger charge is -2.13. The lowest BCUT2D eigenvalue weighted by Crippen LogP contribution is -1.96. The Balaban J connectivity index is 2.77. The molecule has 0 bridgehead atoms. The zero-order valence-corrected chi connectivity index (χ0v) is 12.6. The van der Waals surface area contributed by atoms with Gasteiger partial charge in [0.05, 0.1) is 10.5 Å². The molecule has 2 aromatic rings. The van der Waals surface area contributed by atoms with Crippen molar-refractivity contribution < 1.29 is 4.92 Å². The molecule has 0 spiro atoms. The first-order valence-electron chi connectivity index (χ1n) is 5.93. The first kappa shape index (κ1) is 13.7. The van der Waals surface area contributed by atoms with Crippen LogP contribution in [-0.2, 0) is 0 Å². The van der Waals surface area contributed by atoms with Gasteiger partial charge in [-0.15, -0.1) is 0 Å². The Hall–Kier alpha value is -1.68. The summed E-state index contributed by atoms with van der Waals surface area (Å²) in [7, 11) is 0. The number of para-hydroxylation sites is 1. The molecule has 0 fully saturated rings. The van der Waals surface area contributed by atoms with E-state index in [9.17, 15) is 10.1 Å². The maximum atomic E-state index is 11.1. The largest absolute Gasteiger partial charge is 0.277 e. The van der Waals surface area contributed by atoms with Gasteiger partial charge in [-0.05, 0) is 55.2 Å². The predicted molar refractivity (Wildman–Crippen MR) is 80.4 cm³/mol. The zero-order chi connectivity index (χ0) is 14.2. The van der Waals surface area contributed by atoms with Gasteiger partial charge in [0.2, 0.25) is 0 Å². The van der Waals surface area contributed by atoms with Crippen molar-refractivity contribution in [2.75, 3.05) is 0 Å². The van der Waals surface area contributed by atoms with E-state index in [-0.39, 0.29) is 10.6 Å². The average molecular weight is 320 g/mol. The fourth-order valence-electron chi connectivity index (χ4n) is 2.19. The molecule has 98 valence electrons. The fourth-order valence-corrected chi connectivity index (χ4v) is 2.60. The van der Waals surface area contributed by atoms with E-state index in [0.29, 0.717) is 5.56 Å². The number of halogens is 1. The van der Waals surface area contributed by atoms with Crippen LogP contribution in [0.2, 0.25) is 0 Å². The molecule has 0 amide bonds. The van der Waals surface area contributed by atoms with Crippen LogP contribution in [-0.4, -0.2) is 4.92 Å². The quantitative estimate of drug-likeness (QED) is 0.580. The second-order valence-electron chi connectivity index (χ2n) is 4.58.